The minimum Gasteiger partial charge on any atom is -0.329 e. The van der Waals surface area contributed by atoms with Gasteiger partial charge in [0.15, 0.2) is 0 Å². The number of likely N-dealkylation sites (tertiary alicyclic amines) is 1. The molecule has 0 aromatic carbocycles. The Labute approximate surface area is 116 Å². The van der Waals surface area contributed by atoms with Crippen LogP contribution in [-0.2, 0) is 13.6 Å². The zero-order chi connectivity index (χ0) is 12.4. The zero-order valence-electron chi connectivity index (χ0n) is 11.6. The normalized spacial score (nSPS) is 24.9. The molecule has 1 fully saturated rings. The summed E-state index contributed by atoms with van der Waals surface area (Å²) >= 11 is 0. The molecule has 1 aromatic rings. The van der Waals surface area contributed by atoms with Crippen LogP contribution < -0.4 is 5.73 Å². The second-order valence-corrected chi connectivity index (χ2v) is 5.31. The van der Waals surface area contributed by atoms with E-state index in [2.05, 4.69) is 30.0 Å². The minimum atomic E-state index is 0. The fraction of sp³-hybridized carbons (Fsp3) is 0.769. The van der Waals surface area contributed by atoms with Crippen molar-refractivity contribution in [3.05, 3.63) is 17.5 Å². The van der Waals surface area contributed by atoms with Gasteiger partial charge in [0.1, 0.15) is 0 Å². The quantitative estimate of drug-likeness (QED) is 0.911. The van der Waals surface area contributed by atoms with Crippen LogP contribution in [0.25, 0.3) is 0 Å². The number of aryl methyl sites for hydroxylation is 2. The maximum absolute atomic E-state index is 5.92. The van der Waals surface area contributed by atoms with E-state index in [-0.39, 0.29) is 12.4 Å². The number of aromatic nitrogens is 2. The molecule has 0 spiro atoms. The van der Waals surface area contributed by atoms with E-state index in [1.807, 2.05) is 11.7 Å². The van der Waals surface area contributed by atoms with Gasteiger partial charge in [-0.05, 0) is 32.2 Å². The molecule has 0 aliphatic carbocycles. The van der Waals surface area contributed by atoms with Crippen molar-refractivity contribution in [3.8, 4) is 0 Å². The van der Waals surface area contributed by atoms with Gasteiger partial charge in [-0.2, -0.15) is 5.10 Å². The predicted molar refractivity (Wildman–Crippen MR) is 76.8 cm³/mol. The molecule has 1 saturated heterocycles. The van der Waals surface area contributed by atoms with Crippen molar-refractivity contribution >= 4 is 12.4 Å². The maximum atomic E-state index is 5.92. The molecule has 104 valence electrons. The predicted octanol–water partition coefficient (Wildman–Crippen LogP) is 1.71. The monoisotopic (exact) mass is 272 g/mol. The molecule has 2 heterocycles. The van der Waals surface area contributed by atoms with Gasteiger partial charge < -0.3 is 5.73 Å². The molecule has 2 unspecified atom stereocenters. The van der Waals surface area contributed by atoms with Gasteiger partial charge in [-0.1, -0.05) is 6.92 Å². The van der Waals surface area contributed by atoms with E-state index in [0.29, 0.717) is 12.0 Å². The van der Waals surface area contributed by atoms with Crippen molar-refractivity contribution in [2.75, 3.05) is 13.1 Å². The Balaban J connectivity index is 0.00000162. The number of halogens is 1. The first-order valence-electron chi connectivity index (χ1n) is 6.55. The van der Waals surface area contributed by atoms with Gasteiger partial charge in [0, 0.05) is 37.9 Å². The summed E-state index contributed by atoms with van der Waals surface area (Å²) in [5, 5.41) is 4.41. The largest absolute Gasteiger partial charge is 0.329 e. The average molecular weight is 273 g/mol. The molecule has 1 aliphatic rings. The highest BCUT2D eigenvalue weighted by Gasteiger charge is 2.27. The SMILES string of the molecule is Cc1nn(C)cc1CN1CCCC(C)C1CN.Cl. The minimum absolute atomic E-state index is 0. The summed E-state index contributed by atoms with van der Waals surface area (Å²) in [6.45, 7) is 7.33. The Morgan fingerprint density at radius 3 is 2.78 bits per heavy atom. The van der Waals surface area contributed by atoms with Gasteiger partial charge in [-0.25, -0.2) is 0 Å². The number of piperidine rings is 1. The third kappa shape index (κ3) is 3.25. The fourth-order valence-corrected chi connectivity index (χ4v) is 2.93. The Kier molecular flexibility index (Phi) is 5.63. The number of hydrogen-bond donors (Lipinski definition) is 1. The highest BCUT2D eigenvalue weighted by Crippen LogP contribution is 2.24. The molecule has 2 atom stereocenters. The highest BCUT2D eigenvalue weighted by molar-refractivity contribution is 5.85. The highest BCUT2D eigenvalue weighted by atomic mass is 35.5. The lowest BCUT2D eigenvalue weighted by molar-refractivity contribution is 0.0989. The summed E-state index contributed by atoms with van der Waals surface area (Å²) in [6.07, 6.45) is 4.73. The molecule has 1 aliphatic heterocycles. The summed E-state index contributed by atoms with van der Waals surface area (Å²) < 4.78 is 1.90. The molecule has 0 amide bonds. The lowest BCUT2D eigenvalue weighted by atomic mass is 9.90. The van der Waals surface area contributed by atoms with E-state index in [1.54, 1.807) is 0 Å². The Hall–Kier alpha value is -0.580. The number of nitrogens with two attached hydrogens (primary N) is 1. The molecule has 1 aromatic heterocycles. The first-order valence-corrected chi connectivity index (χ1v) is 6.55. The fourth-order valence-electron chi connectivity index (χ4n) is 2.93. The van der Waals surface area contributed by atoms with Crippen molar-refractivity contribution in [1.82, 2.24) is 14.7 Å². The molecule has 5 heteroatoms. The van der Waals surface area contributed by atoms with Crippen molar-refractivity contribution in [3.63, 3.8) is 0 Å². The Morgan fingerprint density at radius 2 is 2.22 bits per heavy atom. The van der Waals surface area contributed by atoms with Crippen molar-refractivity contribution < 1.29 is 0 Å². The van der Waals surface area contributed by atoms with Gasteiger partial charge in [0.25, 0.3) is 0 Å². The molecular weight excluding hydrogens is 248 g/mol. The van der Waals surface area contributed by atoms with E-state index >= 15 is 0 Å². The van der Waals surface area contributed by atoms with Crippen molar-refractivity contribution in [2.24, 2.45) is 18.7 Å². The third-order valence-corrected chi connectivity index (χ3v) is 3.96. The van der Waals surface area contributed by atoms with Crippen LogP contribution in [0, 0.1) is 12.8 Å². The number of hydrogen-bond acceptors (Lipinski definition) is 3. The molecule has 0 radical (unpaired) electrons. The second-order valence-electron chi connectivity index (χ2n) is 5.31. The lowest BCUT2D eigenvalue weighted by Gasteiger charge is -2.39. The van der Waals surface area contributed by atoms with Crippen molar-refractivity contribution in [2.45, 2.75) is 39.3 Å². The van der Waals surface area contributed by atoms with Gasteiger partial charge in [-0.15, -0.1) is 12.4 Å². The molecule has 18 heavy (non-hydrogen) atoms. The van der Waals surface area contributed by atoms with Crippen LogP contribution in [-0.4, -0.2) is 33.8 Å². The van der Waals surface area contributed by atoms with E-state index < -0.39 is 0 Å². The Bertz CT molecular complexity index is 377. The van der Waals surface area contributed by atoms with Gasteiger partial charge >= 0.3 is 0 Å². The molecule has 2 N–H and O–H groups in total. The van der Waals surface area contributed by atoms with Crippen LogP contribution in [0.15, 0.2) is 6.20 Å². The number of nitrogens with zero attached hydrogens (tertiary/aromatic N) is 3. The van der Waals surface area contributed by atoms with E-state index in [1.165, 1.54) is 24.9 Å². The third-order valence-electron chi connectivity index (χ3n) is 3.96. The van der Waals surface area contributed by atoms with Crippen LogP contribution in [0.4, 0.5) is 0 Å². The lowest BCUT2D eigenvalue weighted by Crippen LogP contribution is -2.48. The summed E-state index contributed by atoms with van der Waals surface area (Å²) in [7, 11) is 1.98. The number of rotatable bonds is 3. The van der Waals surface area contributed by atoms with E-state index in [0.717, 1.165) is 18.8 Å². The molecular formula is C13H25ClN4. The smallest absolute Gasteiger partial charge is 0.0638 e. The van der Waals surface area contributed by atoms with E-state index in [4.69, 9.17) is 5.73 Å². The van der Waals surface area contributed by atoms with Gasteiger partial charge in [-0.3, -0.25) is 9.58 Å². The van der Waals surface area contributed by atoms with Gasteiger partial charge in [0.05, 0.1) is 5.69 Å². The second kappa shape index (κ2) is 6.55. The van der Waals surface area contributed by atoms with Crippen LogP contribution in [0.5, 0.6) is 0 Å². The first-order chi connectivity index (χ1) is 8.11. The molecule has 0 saturated carbocycles. The summed E-state index contributed by atoms with van der Waals surface area (Å²) in [4.78, 5) is 2.53. The average Bonchev–Trinajstić information content (AvgIpc) is 2.58. The van der Waals surface area contributed by atoms with Gasteiger partial charge in [0.2, 0.25) is 0 Å². The van der Waals surface area contributed by atoms with E-state index in [9.17, 15) is 0 Å². The van der Waals surface area contributed by atoms with Crippen LogP contribution in [0.2, 0.25) is 0 Å². The van der Waals surface area contributed by atoms with Crippen LogP contribution in [0.3, 0.4) is 0 Å². The Morgan fingerprint density at radius 1 is 1.50 bits per heavy atom. The standard InChI is InChI=1S/C13H24N4.ClH/c1-10-5-4-6-17(13(10)7-14)9-12-8-16(3)15-11(12)2;/h8,10,13H,4-7,9,14H2,1-3H3;1H. The summed E-state index contributed by atoms with van der Waals surface area (Å²) in [6, 6.07) is 0.531. The molecule has 4 nitrogen and oxygen atoms in total. The molecule has 0 bridgehead atoms. The van der Waals surface area contributed by atoms with Crippen molar-refractivity contribution in [1.29, 1.82) is 0 Å². The van der Waals surface area contributed by atoms with Crippen LogP contribution in [0.1, 0.15) is 31.0 Å². The van der Waals surface area contributed by atoms with Crippen LogP contribution >= 0.6 is 12.4 Å². The first kappa shape index (κ1) is 15.5. The zero-order valence-corrected chi connectivity index (χ0v) is 12.4. The molecule has 2 rings (SSSR count). The summed E-state index contributed by atoms with van der Waals surface area (Å²) in [5.41, 5.74) is 8.39. The topological polar surface area (TPSA) is 47.1 Å². The maximum Gasteiger partial charge on any atom is 0.0638 e. The summed E-state index contributed by atoms with van der Waals surface area (Å²) in [5.74, 6) is 0.714.